The fourth-order valence-corrected chi connectivity index (χ4v) is 4.78. The van der Waals surface area contributed by atoms with Crippen LogP contribution in [0.2, 0.25) is 0 Å². The average Bonchev–Trinajstić information content (AvgIpc) is 3.47. The van der Waals surface area contributed by atoms with Gasteiger partial charge in [0, 0.05) is 38.4 Å². The Morgan fingerprint density at radius 3 is 2.72 bits per heavy atom. The maximum absolute atomic E-state index is 13.1. The summed E-state index contributed by atoms with van der Waals surface area (Å²) in [7, 11) is 0. The summed E-state index contributed by atoms with van der Waals surface area (Å²) in [6.45, 7) is 4.85. The summed E-state index contributed by atoms with van der Waals surface area (Å²) in [5, 5.41) is 4.06. The fraction of sp³-hybridized carbons (Fsp3) is 0.500. The van der Waals surface area contributed by atoms with Crippen LogP contribution in [0.1, 0.15) is 17.5 Å². The molecule has 0 aliphatic carbocycles. The van der Waals surface area contributed by atoms with Gasteiger partial charge in [-0.2, -0.15) is 4.98 Å². The van der Waals surface area contributed by atoms with E-state index in [4.69, 9.17) is 9.26 Å². The van der Waals surface area contributed by atoms with Crippen LogP contribution in [0.5, 0.6) is 0 Å². The van der Waals surface area contributed by atoms with Gasteiger partial charge in [-0.3, -0.25) is 9.69 Å². The van der Waals surface area contributed by atoms with Crippen LogP contribution in [0.3, 0.4) is 0 Å². The summed E-state index contributed by atoms with van der Waals surface area (Å²) in [6, 6.07) is 10.1. The van der Waals surface area contributed by atoms with Crippen molar-refractivity contribution in [3.63, 3.8) is 0 Å². The number of carbonyl (C=O) groups excluding carboxylic acids is 2. The molecule has 152 valence electrons. The van der Waals surface area contributed by atoms with Gasteiger partial charge in [0.05, 0.1) is 12.6 Å². The Hall–Kier alpha value is -3.10. The molecular weight excluding hydrogens is 374 g/mol. The van der Waals surface area contributed by atoms with E-state index in [1.165, 1.54) is 4.90 Å². The van der Waals surface area contributed by atoms with Crippen LogP contribution in [0.15, 0.2) is 34.9 Å². The number of hydrogen-bond acceptors (Lipinski definition) is 7. The zero-order valence-corrected chi connectivity index (χ0v) is 16.2. The van der Waals surface area contributed by atoms with Crippen molar-refractivity contribution in [3.05, 3.63) is 41.8 Å². The second-order valence-electron chi connectivity index (χ2n) is 7.88. The van der Waals surface area contributed by atoms with Gasteiger partial charge in [-0.15, -0.1) is 0 Å². The van der Waals surface area contributed by atoms with Crippen LogP contribution in [0, 0.1) is 18.8 Å². The molecule has 2 amide bonds. The number of hydrogen-bond donors (Lipinski definition) is 0. The van der Waals surface area contributed by atoms with Crippen molar-refractivity contribution in [3.8, 4) is 0 Å². The second kappa shape index (κ2) is 7.06. The zero-order valence-electron chi connectivity index (χ0n) is 16.2. The number of amides is 2. The van der Waals surface area contributed by atoms with Crippen molar-refractivity contribution in [2.75, 3.05) is 44.2 Å². The summed E-state index contributed by atoms with van der Waals surface area (Å²) < 4.78 is 10.1. The van der Waals surface area contributed by atoms with Crippen LogP contribution < -0.4 is 4.90 Å². The van der Waals surface area contributed by atoms with E-state index in [-0.39, 0.29) is 24.4 Å². The standard InChI is InChI=1S/C20H23N5O4/c1-13-21-19(22-29-13)24-9-15-10-25(17(26)12-23-7-8-28-20(23)27)18(16(15)11-24)14-5-3-2-4-6-14/h2-6,15-16,18H,7-12H2,1H3/t15-,16-,18+/m0/s1. The summed E-state index contributed by atoms with van der Waals surface area (Å²) in [5.41, 5.74) is 1.11. The minimum atomic E-state index is -0.410. The molecule has 0 bridgehead atoms. The number of rotatable bonds is 4. The van der Waals surface area contributed by atoms with Crippen molar-refractivity contribution in [2.24, 2.45) is 11.8 Å². The van der Waals surface area contributed by atoms with Crippen LogP contribution in [0.25, 0.3) is 0 Å². The monoisotopic (exact) mass is 397 g/mol. The lowest BCUT2D eigenvalue weighted by atomic mass is 9.89. The molecule has 3 aliphatic heterocycles. The number of nitrogens with zero attached hydrogens (tertiary/aromatic N) is 5. The number of aryl methyl sites for hydroxylation is 1. The van der Waals surface area contributed by atoms with E-state index in [1.807, 2.05) is 23.1 Å². The van der Waals surface area contributed by atoms with Gasteiger partial charge >= 0.3 is 6.09 Å². The summed E-state index contributed by atoms with van der Waals surface area (Å²) in [5.74, 6) is 1.71. The molecule has 0 spiro atoms. The third kappa shape index (κ3) is 3.20. The first-order valence-electron chi connectivity index (χ1n) is 9.91. The highest BCUT2D eigenvalue weighted by molar-refractivity contribution is 5.83. The van der Waals surface area contributed by atoms with Crippen LogP contribution >= 0.6 is 0 Å². The Balaban J connectivity index is 1.39. The fourth-order valence-electron chi connectivity index (χ4n) is 4.78. The maximum atomic E-state index is 13.1. The Bertz CT molecular complexity index is 917. The SMILES string of the molecule is Cc1nc(N2C[C@H]3CN(C(=O)CN4CCOC4=O)[C@H](c4ccccc4)[C@H]3C2)no1. The Morgan fingerprint density at radius 2 is 2.03 bits per heavy atom. The van der Waals surface area contributed by atoms with Crippen molar-refractivity contribution >= 4 is 17.9 Å². The number of fused-ring (bicyclic) bond motifs is 1. The molecule has 4 heterocycles. The van der Waals surface area contributed by atoms with Crippen LogP contribution in [0.4, 0.5) is 10.7 Å². The van der Waals surface area contributed by atoms with E-state index in [0.717, 1.165) is 18.7 Å². The lowest BCUT2D eigenvalue weighted by Crippen LogP contribution is -2.42. The van der Waals surface area contributed by atoms with E-state index in [2.05, 4.69) is 27.2 Å². The average molecular weight is 397 g/mol. The molecule has 0 radical (unpaired) electrons. The molecular formula is C20H23N5O4. The molecule has 0 unspecified atom stereocenters. The first kappa shape index (κ1) is 18.0. The maximum Gasteiger partial charge on any atom is 0.410 e. The quantitative estimate of drug-likeness (QED) is 0.771. The molecule has 0 N–H and O–H groups in total. The molecule has 9 heteroatoms. The minimum Gasteiger partial charge on any atom is -0.448 e. The van der Waals surface area contributed by atoms with Gasteiger partial charge in [0.15, 0.2) is 0 Å². The van der Waals surface area contributed by atoms with Gasteiger partial charge in [0.25, 0.3) is 5.95 Å². The molecule has 5 rings (SSSR count). The van der Waals surface area contributed by atoms with Gasteiger partial charge in [-0.05, 0) is 10.7 Å². The molecule has 1 aromatic heterocycles. The predicted molar refractivity (Wildman–Crippen MR) is 102 cm³/mol. The second-order valence-corrected chi connectivity index (χ2v) is 7.88. The van der Waals surface area contributed by atoms with Crippen molar-refractivity contribution in [1.82, 2.24) is 19.9 Å². The molecule has 3 atom stereocenters. The van der Waals surface area contributed by atoms with Crippen molar-refractivity contribution < 1.29 is 18.8 Å². The molecule has 3 fully saturated rings. The van der Waals surface area contributed by atoms with Gasteiger partial charge in [-0.1, -0.05) is 30.3 Å². The molecule has 2 aromatic rings. The highest BCUT2D eigenvalue weighted by Crippen LogP contribution is 2.45. The Labute approximate surface area is 168 Å². The molecule has 1 aromatic carbocycles. The predicted octanol–water partition coefficient (Wildman–Crippen LogP) is 1.47. The smallest absolute Gasteiger partial charge is 0.410 e. The van der Waals surface area contributed by atoms with E-state index >= 15 is 0 Å². The van der Waals surface area contributed by atoms with Gasteiger partial charge in [0.2, 0.25) is 11.8 Å². The van der Waals surface area contributed by atoms with Gasteiger partial charge < -0.3 is 19.1 Å². The molecule has 29 heavy (non-hydrogen) atoms. The topological polar surface area (TPSA) is 92.0 Å². The van der Waals surface area contributed by atoms with Crippen molar-refractivity contribution in [2.45, 2.75) is 13.0 Å². The summed E-state index contributed by atoms with van der Waals surface area (Å²) in [4.78, 5) is 34.8. The first-order chi connectivity index (χ1) is 14.1. The van der Waals surface area contributed by atoms with Gasteiger partial charge in [0.1, 0.15) is 13.2 Å². The van der Waals surface area contributed by atoms with Gasteiger partial charge in [-0.25, -0.2) is 4.79 Å². The Morgan fingerprint density at radius 1 is 1.21 bits per heavy atom. The Kier molecular flexibility index (Phi) is 4.37. The van der Waals surface area contributed by atoms with Crippen LogP contribution in [-0.2, 0) is 9.53 Å². The lowest BCUT2D eigenvalue weighted by molar-refractivity contribution is -0.133. The lowest BCUT2D eigenvalue weighted by Gasteiger charge is -2.30. The van der Waals surface area contributed by atoms with E-state index < -0.39 is 6.09 Å². The van der Waals surface area contributed by atoms with E-state index in [1.54, 1.807) is 6.92 Å². The largest absolute Gasteiger partial charge is 0.448 e. The number of benzene rings is 1. The molecule has 3 saturated heterocycles. The molecule has 3 aliphatic rings. The molecule has 0 saturated carbocycles. The normalized spacial score (nSPS) is 26.2. The number of aromatic nitrogens is 2. The minimum absolute atomic E-state index is 0.0333. The van der Waals surface area contributed by atoms with Crippen LogP contribution in [-0.4, -0.2) is 71.3 Å². The summed E-state index contributed by atoms with van der Waals surface area (Å²) >= 11 is 0. The van der Waals surface area contributed by atoms with Crippen molar-refractivity contribution in [1.29, 1.82) is 0 Å². The third-order valence-electron chi connectivity index (χ3n) is 6.10. The number of anilines is 1. The van der Waals surface area contributed by atoms with E-state index in [9.17, 15) is 9.59 Å². The number of ether oxygens (including phenoxy) is 1. The summed E-state index contributed by atoms with van der Waals surface area (Å²) in [6.07, 6.45) is -0.410. The number of cyclic esters (lactones) is 1. The number of carbonyl (C=O) groups is 2. The third-order valence-corrected chi connectivity index (χ3v) is 6.10. The zero-order chi connectivity index (χ0) is 20.0. The highest BCUT2D eigenvalue weighted by atomic mass is 16.6. The molecule has 9 nitrogen and oxygen atoms in total. The highest BCUT2D eigenvalue weighted by Gasteiger charge is 2.50. The first-order valence-corrected chi connectivity index (χ1v) is 9.91. The number of likely N-dealkylation sites (tertiary alicyclic amines) is 1. The van der Waals surface area contributed by atoms with E-state index in [0.29, 0.717) is 37.5 Å².